The van der Waals surface area contributed by atoms with Crippen LogP contribution in [0.1, 0.15) is 36.5 Å². The molecule has 0 bridgehead atoms. The fraction of sp³-hybridized carbons (Fsp3) is 0.312. The molecule has 1 fully saturated rings. The van der Waals surface area contributed by atoms with E-state index in [2.05, 4.69) is 18.9 Å². The van der Waals surface area contributed by atoms with Crippen molar-refractivity contribution < 1.29 is 19.0 Å². The third-order valence-corrected chi connectivity index (χ3v) is 7.80. The number of amides is 1. The van der Waals surface area contributed by atoms with Gasteiger partial charge in [0.1, 0.15) is 5.75 Å². The monoisotopic (exact) mass is 622 g/mol. The Hall–Kier alpha value is -3.92. The van der Waals surface area contributed by atoms with E-state index in [-0.39, 0.29) is 39.8 Å². The number of morpholine rings is 1. The summed E-state index contributed by atoms with van der Waals surface area (Å²) in [6.45, 7) is 7.92. The predicted molar refractivity (Wildman–Crippen MR) is 169 cm³/mol. The number of hydrogen-bond donors (Lipinski definition) is 0. The van der Waals surface area contributed by atoms with Crippen LogP contribution in [0, 0.1) is 6.92 Å². The molecule has 0 radical (unpaired) electrons. The molecule has 1 amide bonds. The van der Waals surface area contributed by atoms with Crippen molar-refractivity contribution in [2.45, 2.75) is 26.7 Å². The topological polar surface area (TPSA) is 95.2 Å². The molecule has 1 aliphatic rings. The number of hydrogen-bond acceptors (Lipinski definition) is 7. The molecule has 0 spiro atoms. The molecule has 2 heterocycles. The summed E-state index contributed by atoms with van der Waals surface area (Å²) < 4.78 is 17.9. The van der Waals surface area contributed by atoms with E-state index in [0.29, 0.717) is 48.6 Å². The van der Waals surface area contributed by atoms with E-state index in [4.69, 9.17) is 42.4 Å². The summed E-state index contributed by atoms with van der Waals surface area (Å²) in [5.41, 5.74) is 3.40. The molecule has 1 aromatic heterocycles. The Labute approximate surface area is 259 Å². The summed E-state index contributed by atoms with van der Waals surface area (Å²) in [7, 11) is 1.64. The Morgan fingerprint density at radius 3 is 2.49 bits per heavy atom. The number of methoxy groups -OCH3 is 1. The smallest absolute Gasteiger partial charge is 0.282 e. The summed E-state index contributed by atoms with van der Waals surface area (Å²) in [5, 5.41) is 5.41. The van der Waals surface area contributed by atoms with E-state index in [1.165, 1.54) is 10.9 Å². The van der Waals surface area contributed by atoms with Crippen molar-refractivity contribution >= 4 is 46.2 Å². The molecule has 224 valence electrons. The van der Waals surface area contributed by atoms with Crippen molar-refractivity contribution in [2.24, 2.45) is 5.10 Å². The highest BCUT2D eigenvalue weighted by Crippen LogP contribution is 2.35. The van der Waals surface area contributed by atoms with Crippen molar-refractivity contribution in [1.29, 1.82) is 0 Å². The Kier molecular flexibility index (Phi) is 9.34. The largest absolute Gasteiger partial charge is 0.496 e. The highest BCUT2D eigenvalue weighted by atomic mass is 35.5. The second-order valence-corrected chi connectivity index (χ2v) is 11.3. The van der Waals surface area contributed by atoms with E-state index in [9.17, 15) is 9.59 Å². The molecule has 4 aromatic rings. The highest BCUT2D eigenvalue weighted by Gasteiger charge is 2.20. The standard InChI is InChI=1S/C32H32Cl2N4O5/c1-19(2)23-16-24(20(3)13-28(23)41-4)31-36-27-8-6-5-7-22(27)32(40)38(31)35-17-21-14-25(33)30(26(34)15-21)43-18-29(39)37-9-11-42-12-10-37/h5-8,13-17,19H,9-12,18H2,1-4H3. The number of halogens is 2. The molecule has 3 aromatic carbocycles. The average molecular weight is 624 g/mol. The molecule has 0 saturated carbocycles. The van der Waals surface area contributed by atoms with Gasteiger partial charge in [0, 0.05) is 18.7 Å². The number of aryl methyl sites for hydroxylation is 1. The number of nitrogens with zero attached hydrogens (tertiary/aromatic N) is 4. The second kappa shape index (κ2) is 13.2. The van der Waals surface area contributed by atoms with Crippen LogP contribution >= 0.6 is 23.2 Å². The lowest BCUT2D eigenvalue weighted by atomic mass is 9.96. The zero-order valence-corrected chi connectivity index (χ0v) is 25.9. The van der Waals surface area contributed by atoms with Gasteiger partial charge in [0.25, 0.3) is 11.5 Å². The fourth-order valence-electron chi connectivity index (χ4n) is 4.93. The number of para-hydroxylation sites is 1. The lowest BCUT2D eigenvalue weighted by Crippen LogP contribution is -2.43. The molecule has 9 nitrogen and oxygen atoms in total. The predicted octanol–water partition coefficient (Wildman–Crippen LogP) is 5.93. The van der Waals surface area contributed by atoms with Crippen LogP contribution in [0.15, 0.2) is 58.4 Å². The van der Waals surface area contributed by atoms with Gasteiger partial charge in [-0.2, -0.15) is 9.78 Å². The molecular weight excluding hydrogens is 591 g/mol. The van der Waals surface area contributed by atoms with Gasteiger partial charge in [0.05, 0.1) is 47.5 Å². The number of aromatic nitrogens is 2. The van der Waals surface area contributed by atoms with Crippen LogP contribution in [-0.4, -0.2) is 66.7 Å². The van der Waals surface area contributed by atoms with E-state index in [1.807, 2.05) is 25.1 Å². The molecule has 0 aliphatic carbocycles. The minimum Gasteiger partial charge on any atom is -0.496 e. The lowest BCUT2D eigenvalue weighted by molar-refractivity contribution is -0.137. The molecule has 0 unspecified atom stereocenters. The van der Waals surface area contributed by atoms with Crippen molar-refractivity contribution in [2.75, 3.05) is 40.0 Å². The number of carbonyl (C=O) groups excluding carboxylic acids is 1. The molecule has 1 aliphatic heterocycles. The van der Waals surface area contributed by atoms with Gasteiger partial charge in [-0.15, -0.1) is 0 Å². The Balaban J connectivity index is 1.51. The molecule has 1 saturated heterocycles. The summed E-state index contributed by atoms with van der Waals surface area (Å²) in [6, 6.07) is 14.3. The maximum absolute atomic E-state index is 13.7. The third kappa shape index (κ3) is 6.54. The minimum absolute atomic E-state index is 0.174. The summed E-state index contributed by atoms with van der Waals surface area (Å²) in [6.07, 6.45) is 1.49. The van der Waals surface area contributed by atoms with Crippen LogP contribution in [0.5, 0.6) is 11.5 Å². The normalized spacial score (nSPS) is 13.7. The van der Waals surface area contributed by atoms with Gasteiger partial charge in [-0.05, 0) is 65.9 Å². The average Bonchev–Trinajstić information content (AvgIpc) is 3.00. The van der Waals surface area contributed by atoms with E-state index in [0.717, 1.165) is 22.4 Å². The highest BCUT2D eigenvalue weighted by molar-refractivity contribution is 6.37. The molecule has 11 heteroatoms. The first-order valence-electron chi connectivity index (χ1n) is 13.9. The van der Waals surface area contributed by atoms with E-state index < -0.39 is 0 Å². The maximum Gasteiger partial charge on any atom is 0.282 e. The molecular formula is C32H32Cl2N4O5. The lowest BCUT2D eigenvalue weighted by Gasteiger charge is -2.26. The number of carbonyl (C=O) groups is 1. The molecule has 0 N–H and O–H groups in total. The van der Waals surface area contributed by atoms with Crippen LogP contribution in [0.4, 0.5) is 0 Å². The van der Waals surface area contributed by atoms with Crippen molar-refractivity contribution in [3.8, 4) is 22.9 Å². The van der Waals surface area contributed by atoms with E-state index >= 15 is 0 Å². The quantitative estimate of drug-likeness (QED) is 0.226. The van der Waals surface area contributed by atoms with Crippen molar-refractivity contribution in [1.82, 2.24) is 14.6 Å². The molecule has 0 atom stereocenters. The van der Waals surface area contributed by atoms with Crippen LogP contribution < -0.4 is 15.0 Å². The summed E-state index contributed by atoms with van der Waals surface area (Å²) in [5.74, 6) is 1.36. The van der Waals surface area contributed by atoms with Crippen LogP contribution in [0.3, 0.4) is 0 Å². The van der Waals surface area contributed by atoms with Crippen LogP contribution in [-0.2, 0) is 9.53 Å². The van der Waals surface area contributed by atoms with Crippen LogP contribution in [0.2, 0.25) is 10.0 Å². The molecule has 43 heavy (non-hydrogen) atoms. The van der Waals surface area contributed by atoms with Crippen molar-refractivity contribution in [3.63, 3.8) is 0 Å². The second-order valence-electron chi connectivity index (χ2n) is 10.5. The van der Waals surface area contributed by atoms with Gasteiger partial charge >= 0.3 is 0 Å². The first-order chi connectivity index (χ1) is 20.7. The van der Waals surface area contributed by atoms with Gasteiger partial charge in [-0.25, -0.2) is 4.98 Å². The minimum atomic E-state index is -0.322. The van der Waals surface area contributed by atoms with E-state index in [1.54, 1.807) is 42.3 Å². The zero-order valence-electron chi connectivity index (χ0n) is 24.4. The number of ether oxygens (including phenoxy) is 3. The number of benzene rings is 3. The van der Waals surface area contributed by atoms with Gasteiger partial charge in [-0.1, -0.05) is 49.2 Å². The van der Waals surface area contributed by atoms with Gasteiger partial charge in [-0.3, -0.25) is 9.59 Å². The van der Waals surface area contributed by atoms with Crippen molar-refractivity contribution in [3.05, 3.63) is 85.6 Å². The summed E-state index contributed by atoms with van der Waals surface area (Å²) >= 11 is 13.0. The van der Waals surface area contributed by atoms with Gasteiger partial charge < -0.3 is 19.1 Å². The summed E-state index contributed by atoms with van der Waals surface area (Å²) in [4.78, 5) is 32.8. The first kappa shape index (κ1) is 30.5. The fourth-order valence-corrected chi connectivity index (χ4v) is 5.54. The first-order valence-corrected chi connectivity index (χ1v) is 14.7. The Bertz CT molecular complexity index is 1740. The third-order valence-electron chi connectivity index (χ3n) is 7.24. The number of fused-ring (bicyclic) bond motifs is 1. The zero-order chi connectivity index (χ0) is 30.7. The van der Waals surface area contributed by atoms with Crippen LogP contribution in [0.25, 0.3) is 22.3 Å². The number of rotatable bonds is 8. The Morgan fingerprint density at radius 1 is 1.12 bits per heavy atom. The Morgan fingerprint density at radius 2 is 1.81 bits per heavy atom. The molecule has 5 rings (SSSR count). The van der Waals surface area contributed by atoms with Gasteiger partial charge in [0.2, 0.25) is 0 Å². The SMILES string of the molecule is COc1cc(C)c(-c2nc3ccccc3c(=O)n2N=Cc2cc(Cl)c(OCC(=O)N3CCOCC3)c(Cl)c2)cc1C(C)C. The maximum atomic E-state index is 13.7. The van der Waals surface area contributed by atoms with Gasteiger partial charge in [0.15, 0.2) is 18.2 Å².